The van der Waals surface area contributed by atoms with Crippen LogP contribution in [0, 0.1) is 0 Å². The molecule has 1 fully saturated rings. The molecule has 0 aromatic rings. The van der Waals surface area contributed by atoms with Crippen molar-refractivity contribution in [3.63, 3.8) is 0 Å². The lowest BCUT2D eigenvalue weighted by molar-refractivity contribution is 0.0230. The quantitative estimate of drug-likeness (QED) is 0.456. The van der Waals surface area contributed by atoms with Crippen molar-refractivity contribution in [3.05, 3.63) is 0 Å². The van der Waals surface area contributed by atoms with E-state index in [0.717, 1.165) is 0 Å². The maximum atomic E-state index is 5.02. The van der Waals surface area contributed by atoms with Gasteiger partial charge in [0.1, 0.15) is 0 Å². The van der Waals surface area contributed by atoms with E-state index in [0.29, 0.717) is 6.73 Å². The van der Waals surface area contributed by atoms with Gasteiger partial charge in [-0.05, 0) is 19.8 Å². The van der Waals surface area contributed by atoms with E-state index >= 15 is 0 Å². The number of hydrogen-bond acceptors (Lipinski definition) is 3. The Hall–Kier alpha value is -0.570. The van der Waals surface area contributed by atoms with Crippen molar-refractivity contribution in [2.75, 3.05) is 19.8 Å². The van der Waals surface area contributed by atoms with Crippen molar-refractivity contribution < 1.29 is 4.84 Å². The molecule has 0 aromatic carbocycles. The topological polar surface area (TPSA) is 24.8 Å². The van der Waals surface area contributed by atoms with Crippen molar-refractivity contribution in [1.29, 1.82) is 0 Å². The van der Waals surface area contributed by atoms with E-state index in [2.05, 4.69) is 10.1 Å². The third-order valence-corrected chi connectivity index (χ3v) is 1.87. The molecule has 0 atom stereocenters. The predicted molar refractivity (Wildman–Crippen MR) is 45.5 cm³/mol. The summed E-state index contributed by atoms with van der Waals surface area (Å²) in [4.78, 5) is 7.31. The summed E-state index contributed by atoms with van der Waals surface area (Å²) in [5.74, 6) is 0. The lowest BCUT2D eigenvalue weighted by atomic mass is 10.1. The SMILES string of the molecule is C/C=N/OCN1CCCCC1. The molecule has 3 nitrogen and oxygen atoms in total. The number of oxime groups is 1. The third-order valence-electron chi connectivity index (χ3n) is 1.87. The van der Waals surface area contributed by atoms with Crippen LogP contribution in [-0.2, 0) is 4.84 Å². The van der Waals surface area contributed by atoms with Crippen molar-refractivity contribution in [3.8, 4) is 0 Å². The fourth-order valence-corrected chi connectivity index (χ4v) is 1.28. The van der Waals surface area contributed by atoms with E-state index in [4.69, 9.17) is 4.84 Å². The molecule has 0 aliphatic carbocycles. The second-order valence-electron chi connectivity index (χ2n) is 2.80. The van der Waals surface area contributed by atoms with Crippen molar-refractivity contribution in [2.45, 2.75) is 26.2 Å². The first-order valence-corrected chi connectivity index (χ1v) is 4.26. The zero-order chi connectivity index (χ0) is 7.94. The molecule has 0 amide bonds. The Labute approximate surface area is 68.0 Å². The van der Waals surface area contributed by atoms with Gasteiger partial charge in [0, 0.05) is 19.3 Å². The van der Waals surface area contributed by atoms with Gasteiger partial charge in [0.15, 0.2) is 6.73 Å². The summed E-state index contributed by atoms with van der Waals surface area (Å²) in [6, 6.07) is 0. The lowest BCUT2D eigenvalue weighted by Gasteiger charge is -2.24. The largest absolute Gasteiger partial charge is 0.380 e. The van der Waals surface area contributed by atoms with Crippen LogP contribution in [0.3, 0.4) is 0 Å². The molecule has 1 aliphatic rings. The van der Waals surface area contributed by atoms with Gasteiger partial charge < -0.3 is 4.84 Å². The van der Waals surface area contributed by atoms with Crippen LogP contribution in [-0.4, -0.2) is 30.9 Å². The van der Waals surface area contributed by atoms with Gasteiger partial charge >= 0.3 is 0 Å². The summed E-state index contributed by atoms with van der Waals surface area (Å²) in [6.45, 7) is 4.85. The second kappa shape index (κ2) is 5.13. The molecule has 0 N–H and O–H groups in total. The number of nitrogens with zero attached hydrogens (tertiary/aromatic N) is 2. The number of likely N-dealkylation sites (tertiary alicyclic amines) is 1. The van der Waals surface area contributed by atoms with Gasteiger partial charge in [-0.3, -0.25) is 4.90 Å². The molecule has 11 heavy (non-hydrogen) atoms. The van der Waals surface area contributed by atoms with E-state index in [1.54, 1.807) is 6.21 Å². The van der Waals surface area contributed by atoms with Gasteiger partial charge in [0.2, 0.25) is 0 Å². The molecule has 1 rings (SSSR count). The number of piperidine rings is 1. The molecule has 0 unspecified atom stereocenters. The van der Waals surface area contributed by atoms with E-state index in [9.17, 15) is 0 Å². The van der Waals surface area contributed by atoms with Gasteiger partial charge in [-0.15, -0.1) is 0 Å². The Balaban J connectivity index is 2.04. The van der Waals surface area contributed by atoms with Crippen LogP contribution in [0.5, 0.6) is 0 Å². The van der Waals surface area contributed by atoms with Gasteiger partial charge in [-0.25, -0.2) is 0 Å². The maximum Gasteiger partial charge on any atom is 0.170 e. The fraction of sp³-hybridized carbons (Fsp3) is 0.875. The highest BCUT2D eigenvalue weighted by molar-refractivity contribution is 5.52. The van der Waals surface area contributed by atoms with Crippen molar-refractivity contribution in [1.82, 2.24) is 4.90 Å². The van der Waals surface area contributed by atoms with E-state index in [1.807, 2.05) is 6.92 Å². The average molecular weight is 156 g/mol. The van der Waals surface area contributed by atoms with E-state index in [-0.39, 0.29) is 0 Å². The molecular formula is C8H16N2O. The molecule has 0 bridgehead atoms. The molecule has 1 heterocycles. The summed E-state index contributed by atoms with van der Waals surface area (Å²) in [7, 11) is 0. The Morgan fingerprint density at radius 1 is 1.36 bits per heavy atom. The second-order valence-corrected chi connectivity index (χ2v) is 2.80. The van der Waals surface area contributed by atoms with Gasteiger partial charge in [0.25, 0.3) is 0 Å². The minimum absolute atomic E-state index is 0.657. The maximum absolute atomic E-state index is 5.02. The zero-order valence-electron chi connectivity index (χ0n) is 7.12. The molecule has 0 spiro atoms. The van der Waals surface area contributed by atoms with E-state index in [1.165, 1.54) is 32.4 Å². The molecule has 3 heteroatoms. The molecule has 1 saturated heterocycles. The number of rotatable bonds is 3. The van der Waals surface area contributed by atoms with Gasteiger partial charge in [-0.2, -0.15) is 0 Å². The van der Waals surface area contributed by atoms with Crippen molar-refractivity contribution in [2.24, 2.45) is 5.16 Å². The average Bonchev–Trinajstić information content (AvgIpc) is 2.07. The number of hydrogen-bond donors (Lipinski definition) is 0. The molecule has 0 saturated carbocycles. The molecule has 0 aromatic heterocycles. The molecule has 0 radical (unpaired) electrons. The lowest BCUT2D eigenvalue weighted by Crippen LogP contribution is -2.31. The zero-order valence-corrected chi connectivity index (χ0v) is 7.12. The minimum Gasteiger partial charge on any atom is -0.380 e. The third kappa shape index (κ3) is 3.37. The Morgan fingerprint density at radius 2 is 2.09 bits per heavy atom. The van der Waals surface area contributed by atoms with Gasteiger partial charge in [-0.1, -0.05) is 11.6 Å². The van der Waals surface area contributed by atoms with Crippen LogP contribution in [0.1, 0.15) is 26.2 Å². The van der Waals surface area contributed by atoms with Crippen LogP contribution in [0.25, 0.3) is 0 Å². The fourth-order valence-electron chi connectivity index (χ4n) is 1.28. The molecular weight excluding hydrogens is 140 g/mol. The standard InChI is InChI=1S/C8H16N2O/c1-2-9-11-8-10-6-4-3-5-7-10/h2H,3-8H2,1H3/b9-2+. The van der Waals surface area contributed by atoms with Crippen LogP contribution in [0.15, 0.2) is 5.16 Å². The Morgan fingerprint density at radius 3 is 2.73 bits per heavy atom. The summed E-state index contributed by atoms with van der Waals surface area (Å²) >= 11 is 0. The van der Waals surface area contributed by atoms with Crippen LogP contribution in [0.4, 0.5) is 0 Å². The first kappa shape index (κ1) is 8.53. The summed E-state index contributed by atoms with van der Waals surface area (Å²) < 4.78 is 0. The molecule has 64 valence electrons. The smallest absolute Gasteiger partial charge is 0.170 e. The first-order chi connectivity index (χ1) is 5.43. The van der Waals surface area contributed by atoms with Crippen LogP contribution in [0.2, 0.25) is 0 Å². The first-order valence-electron chi connectivity index (χ1n) is 4.26. The normalized spacial score (nSPS) is 20.8. The molecule has 1 aliphatic heterocycles. The summed E-state index contributed by atoms with van der Waals surface area (Å²) in [6.07, 6.45) is 5.65. The van der Waals surface area contributed by atoms with Crippen LogP contribution >= 0.6 is 0 Å². The monoisotopic (exact) mass is 156 g/mol. The van der Waals surface area contributed by atoms with Gasteiger partial charge in [0.05, 0.1) is 0 Å². The summed E-state index contributed by atoms with van der Waals surface area (Å²) in [5.41, 5.74) is 0. The van der Waals surface area contributed by atoms with Crippen molar-refractivity contribution >= 4 is 6.21 Å². The minimum atomic E-state index is 0.657. The van der Waals surface area contributed by atoms with Crippen LogP contribution < -0.4 is 0 Å². The Kier molecular flexibility index (Phi) is 3.98. The highest BCUT2D eigenvalue weighted by Gasteiger charge is 2.08. The predicted octanol–water partition coefficient (Wildman–Crippen LogP) is 1.45. The van der Waals surface area contributed by atoms with E-state index < -0.39 is 0 Å². The highest BCUT2D eigenvalue weighted by Crippen LogP contribution is 2.07. The Bertz CT molecular complexity index is 119. The summed E-state index contributed by atoms with van der Waals surface area (Å²) in [5, 5.41) is 3.70. The highest BCUT2D eigenvalue weighted by atomic mass is 16.6.